The molecular formula is C19H22N4O3. The summed E-state index contributed by atoms with van der Waals surface area (Å²) < 4.78 is 4.74. The van der Waals surface area contributed by atoms with Crippen molar-refractivity contribution in [3.05, 3.63) is 54.2 Å². The summed E-state index contributed by atoms with van der Waals surface area (Å²) in [6, 6.07) is 12.4. The van der Waals surface area contributed by atoms with Gasteiger partial charge < -0.3 is 20.3 Å². The number of hydrogen-bond donors (Lipinski definition) is 2. The van der Waals surface area contributed by atoms with Crippen molar-refractivity contribution >= 4 is 23.5 Å². The van der Waals surface area contributed by atoms with Gasteiger partial charge in [0.15, 0.2) is 0 Å². The van der Waals surface area contributed by atoms with Crippen LogP contribution in [0.2, 0.25) is 0 Å². The van der Waals surface area contributed by atoms with Crippen LogP contribution in [-0.2, 0) is 4.74 Å². The molecule has 1 aromatic heterocycles. The van der Waals surface area contributed by atoms with E-state index in [1.54, 1.807) is 30.5 Å². The van der Waals surface area contributed by atoms with Crippen LogP contribution in [0.15, 0.2) is 48.7 Å². The number of nitrogens with zero attached hydrogens (tertiary/aromatic N) is 2. The molecule has 2 heterocycles. The Bertz CT molecular complexity index is 758. The van der Waals surface area contributed by atoms with Gasteiger partial charge in [-0.15, -0.1) is 0 Å². The zero-order valence-electron chi connectivity index (χ0n) is 14.6. The van der Waals surface area contributed by atoms with Crippen LogP contribution >= 0.6 is 0 Å². The van der Waals surface area contributed by atoms with Gasteiger partial charge in [0, 0.05) is 25.3 Å². The van der Waals surface area contributed by atoms with Gasteiger partial charge in [0.2, 0.25) is 0 Å². The van der Waals surface area contributed by atoms with E-state index in [1.165, 1.54) is 7.11 Å². The number of methoxy groups -OCH3 is 1. The first kappa shape index (κ1) is 17.7. The number of urea groups is 1. The van der Waals surface area contributed by atoms with Crippen LogP contribution < -0.4 is 15.5 Å². The number of amides is 2. The topological polar surface area (TPSA) is 83.6 Å². The molecule has 1 aromatic carbocycles. The number of carbonyl (C=O) groups excluding carboxylic acids is 2. The Hall–Kier alpha value is -3.09. The molecule has 0 atom stereocenters. The third kappa shape index (κ3) is 4.30. The highest BCUT2D eigenvalue weighted by molar-refractivity contribution is 6.00. The van der Waals surface area contributed by atoms with E-state index in [9.17, 15) is 9.59 Å². The van der Waals surface area contributed by atoms with Gasteiger partial charge in [-0.25, -0.2) is 14.6 Å². The lowest BCUT2D eigenvalue weighted by Crippen LogP contribution is -2.46. The summed E-state index contributed by atoms with van der Waals surface area (Å²) in [5.41, 5.74) is 0.762. The predicted molar refractivity (Wildman–Crippen MR) is 99.4 cm³/mol. The Morgan fingerprint density at radius 1 is 1.12 bits per heavy atom. The molecule has 0 saturated carbocycles. The molecular weight excluding hydrogens is 332 g/mol. The lowest BCUT2D eigenvalue weighted by atomic mass is 10.1. The zero-order chi connectivity index (χ0) is 18.4. The molecule has 1 aliphatic rings. The highest BCUT2D eigenvalue weighted by Crippen LogP contribution is 2.18. The molecule has 2 N–H and O–H groups in total. The molecule has 1 aliphatic heterocycles. The molecule has 2 aromatic rings. The van der Waals surface area contributed by atoms with Crippen LogP contribution in [-0.4, -0.2) is 43.2 Å². The summed E-state index contributed by atoms with van der Waals surface area (Å²) in [7, 11) is 1.31. The van der Waals surface area contributed by atoms with Gasteiger partial charge in [0.05, 0.1) is 18.4 Å². The van der Waals surface area contributed by atoms with E-state index in [0.29, 0.717) is 11.3 Å². The monoisotopic (exact) mass is 354 g/mol. The van der Waals surface area contributed by atoms with E-state index < -0.39 is 5.97 Å². The van der Waals surface area contributed by atoms with E-state index in [-0.39, 0.29) is 12.1 Å². The molecule has 136 valence electrons. The Kier molecular flexibility index (Phi) is 5.68. The fourth-order valence-electron chi connectivity index (χ4n) is 3.02. The maximum Gasteiger partial charge on any atom is 0.339 e. The van der Waals surface area contributed by atoms with Crippen LogP contribution in [0.1, 0.15) is 23.2 Å². The predicted octanol–water partition coefficient (Wildman–Crippen LogP) is 2.66. The average Bonchev–Trinajstić information content (AvgIpc) is 2.69. The SMILES string of the molecule is COC(=O)c1ccccc1NC(=O)NC1CCN(c2ccccn2)CC1. The molecule has 7 heteroatoms. The molecule has 0 bridgehead atoms. The lowest BCUT2D eigenvalue weighted by Gasteiger charge is -2.33. The maximum atomic E-state index is 12.3. The molecule has 7 nitrogen and oxygen atoms in total. The first-order valence-corrected chi connectivity index (χ1v) is 8.58. The average molecular weight is 354 g/mol. The van der Waals surface area contributed by atoms with E-state index in [0.717, 1.165) is 31.7 Å². The Labute approximate surface area is 152 Å². The van der Waals surface area contributed by atoms with Gasteiger partial charge in [-0.2, -0.15) is 0 Å². The molecule has 1 saturated heterocycles. The van der Waals surface area contributed by atoms with Gasteiger partial charge >= 0.3 is 12.0 Å². The largest absolute Gasteiger partial charge is 0.465 e. The number of esters is 1. The number of rotatable bonds is 4. The van der Waals surface area contributed by atoms with E-state index in [2.05, 4.69) is 20.5 Å². The van der Waals surface area contributed by atoms with Gasteiger partial charge in [0.1, 0.15) is 5.82 Å². The fourth-order valence-corrected chi connectivity index (χ4v) is 3.02. The van der Waals surface area contributed by atoms with Gasteiger partial charge in [-0.05, 0) is 37.1 Å². The van der Waals surface area contributed by atoms with Gasteiger partial charge in [-0.1, -0.05) is 18.2 Å². The van der Waals surface area contributed by atoms with Crippen LogP contribution in [0.3, 0.4) is 0 Å². The normalized spacial score (nSPS) is 14.6. The van der Waals surface area contributed by atoms with Gasteiger partial charge in [0.25, 0.3) is 0 Å². The number of ether oxygens (including phenoxy) is 1. The number of nitrogens with one attached hydrogen (secondary N) is 2. The highest BCUT2D eigenvalue weighted by atomic mass is 16.5. The fraction of sp³-hybridized carbons (Fsp3) is 0.316. The minimum atomic E-state index is -0.482. The quantitative estimate of drug-likeness (QED) is 0.825. The van der Waals surface area contributed by atoms with Crippen LogP contribution in [0.5, 0.6) is 0 Å². The Morgan fingerprint density at radius 3 is 2.54 bits per heavy atom. The van der Waals surface area contributed by atoms with E-state index >= 15 is 0 Å². The highest BCUT2D eigenvalue weighted by Gasteiger charge is 2.22. The Morgan fingerprint density at radius 2 is 1.85 bits per heavy atom. The van der Waals surface area contributed by atoms with Crippen molar-refractivity contribution in [1.82, 2.24) is 10.3 Å². The summed E-state index contributed by atoms with van der Waals surface area (Å²) in [4.78, 5) is 30.6. The lowest BCUT2D eigenvalue weighted by molar-refractivity contribution is 0.0602. The van der Waals surface area contributed by atoms with Crippen molar-refractivity contribution in [1.29, 1.82) is 0 Å². The van der Waals surface area contributed by atoms with Crippen molar-refractivity contribution in [2.24, 2.45) is 0 Å². The Balaban J connectivity index is 1.53. The zero-order valence-corrected chi connectivity index (χ0v) is 14.6. The number of para-hydroxylation sites is 1. The van der Waals surface area contributed by atoms with Gasteiger partial charge in [-0.3, -0.25) is 0 Å². The standard InChI is InChI=1S/C19H22N4O3/c1-26-18(24)15-6-2-3-7-16(15)22-19(25)21-14-9-12-23(13-10-14)17-8-4-5-11-20-17/h2-8,11,14H,9-10,12-13H2,1H3,(H2,21,22,25). The second-order valence-electron chi connectivity index (χ2n) is 6.08. The number of aromatic nitrogens is 1. The molecule has 0 unspecified atom stereocenters. The van der Waals surface area contributed by atoms with E-state index in [4.69, 9.17) is 4.74 Å². The minimum Gasteiger partial charge on any atom is -0.465 e. The summed E-state index contributed by atoms with van der Waals surface area (Å²) in [6.45, 7) is 1.67. The van der Waals surface area contributed by atoms with Crippen molar-refractivity contribution < 1.29 is 14.3 Å². The molecule has 1 fully saturated rings. The third-order valence-corrected chi connectivity index (χ3v) is 4.38. The van der Waals surface area contributed by atoms with Crippen molar-refractivity contribution in [3.8, 4) is 0 Å². The molecule has 26 heavy (non-hydrogen) atoms. The second-order valence-corrected chi connectivity index (χ2v) is 6.08. The molecule has 0 spiro atoms. The second kappa shape index (κ2) is 8.33. The maximum absolute atomic E-state index is 12.3. The smallest absolute Gasteiger partial charge is 0.339 e. The summed E-state index contributed by atoms with van der Waals surface area (Å²) in [5, 5.41) is 5.71. The van der Waals surface area contributed by atoms with Crippen LogP contribution in [0.25, 0.3) is 0 Å². The number of anilines is 2. The van der Waals surface area contributed by atoms with Crippen molar-refractivity contribution in [2.75, 3.05) is 30.4 Å². The van der Waals surface area contributed by atoms with Crippen molar-refractivity contribution in [2.45, 2.75) is 18.9 Å². The molecule has 2 amide bonds. The number of benzene rings is 1. The number of carbonyl (C=O) groups is 2. The molecule has 3 rings (SSSR count). The number of piperidine rings is 1. The molecule has 0 radical (unpaired) electrons. The first-order chi connectivity index (χ1) is 12.7. The number of hydrogen-bond acceptors (Lipinski definition) is 5. The van der Waals surface area contributed by atoms with Crippen molar-refractivity contribution in [3.63, 3.8) is 0 Å². The minimum absolute atomic E-state index is 0.0836. The summed E-state index contributed by atoms with van der Waals surface area (Å²) in [5.74, 6) is 0.479. The number of pyridine rings is 1. The summed E-state index contributed by atoms with van der Waals surface area (Å²) in [6.07, 6.45) is 3.46. The molecule has 0 aliphatic carbocycles. The first-order valence-electron chi connectivity index (χ1n) is 8.58. The summed E-state index contributed by atoms with van der Waals surface area (Å²) >= 11 is 0. The van der Waals surface area contributed by atoms with Crippen LogP contribution in [0.4, 0.5) is 16.3 Å². The third-order valence-electron chi connectivity index (χ3n) is 4.38. The van der Waals surface area contributed by atoms with Crippen LogP contribution in [0, 0.1) is 0 Å². The van der Waals surface area contributed by atoms with E-state index in [1.807, 2.05) is 18.2 Å².